The van der Waals surface area contributed by atoms with E-state index < -0.39 is 11.5 Å². The zero-order valence-corrected chi connectivity index (χ0v) is 20.2. The maximum Gasteiger partial charge on any atom is 0.252 e. The van der Waals surface area contributed by atoms with Crippen molar-refractivity contribution in [1.82, 2.24) is 34.0 Å². The van der Waals surface area contributed by atoms with Crippen molar-refractivity contribution in [2.45, 2.75) is 69.0 Å². The minimum Gasteiger partial charge on any atom is -0.323 e. The summed E-state index contributed by atoms with van der Waals surface area (Å²) in [4.78, 5) is 16.0. The van der Waals surface area contributed by atoms with Gasteiger partial charge < -0.3 is 15.2 Å². The average molecular weight is 481 g/mol. The summed E-state index contributed by atoms with van der Waals surface area (Å²) in [7, 11) is 4.22. The fourth-order valence-corrected chi connectivity index (χ4v) is 5.74. The Hall–Kier alpha value is -2.98. The molecule has 0 radical (unpaired) electrons. The van der Waals surface area contributed by atoms with Crippen molar-refractivity contribution in [2.75, 3.05) is 14.1 Å². The van der Waals surface area contributed by atoms with Gasteiger partial charge in [0.25, 0.3) is 5.92 Å². The third kappa shape index (κ3) is 3.70. The molecule has 35 heavy (non-hydrogen) atoms. The molecule has 4 heterocycles. The monoisotopic (exact) mass is 480 g/mol. The van der Waals surface area contributed by atoms with Crippen LogP contribution in [0, 0.1) is 6.92 Å². The second-order valence-electron chi connectivity index (χ2n) is 10.5. The molecule has 2 aliphatic rings. The molecular formula is C25H30F2N8. The first-order chi connectivity index (χ1) is 16.6. The predicted molar refractivity (Wildman–Crippen MR) is 129 cm³/mol. The molecular weight excluding hydrogens is 450 g/mol. The van der Waals surface area contributed by atoms with Gasteiger partial charge in [0.15, 0.2) is 11.5 Å². The van der Waals surface area contributed by atoms with Gasteiger partial charge in [-0.15, -0.1) is 0 Å². The number of rotatable bonds is 4. The molecule has 10 heteroatoms. The van der Waals surface area contributed by atoms with Crippen LogP contribution in [0.5, 0.6) is 0 Å². The highest BCUT2D eigenvalue weighted by atomic mass is 19.3. The van der Waals surface area contributed by atoms with Gasteiger partial charge in [0.2, 0.25) is 0 Å². The van der Waals surface area contributed by atoms with Gasteiger partial charge in [-0.2, -0.15) is 5.10 Å². The molecule has 2 saturated carbocycles. The molecule has 0 amide bonds. The van der Waals surface area contributed by atoms with Crippen LogP contribution in [-0.2, 0) is 5.54 Å². The van der Waals surface area contributed by atoms with E-state index >= 15 is 0 Å². The lowest BCUT2D eigenvalue weighted by Crippen LogP contribution is -2.46. The second-order valence-corrected chi connectivity index (χ2v) is 10.5. The summed E-state index contributed by atoms with van der Waals surface area (Å²) < 4.78 is 30.8. The van der Waals surface area contributed by atoms with Gasteiger partial charge in [-0.1, -0.05) is 0 Å². The van der Waals surface area contributed by atoms with Crippen molar-refractivity contribution in [3.8, 4) is 11.1 Å². The summed E-state index contributed by atoms with van der Waals surface area (Å²) >= 11 is 0. The molecule has 0 atom stereocenters. The van der Waals surface area contributed by atoms with E-state index in [2.05, 4.69) is 33.9 Å². The lowest BCUT2D eigenvalue weighted by atomic mass is 9.79. The van der Waals surface area contributed by atoms with Gasteiger partial charge in [-0.3, -0.25) is 0 Å². The second kappa shape index (κ2) is 7.76. The van der Waals surface area contributed by atoms with Crippen LogP contribution in [0.25, 0.3) is 27.8 Å². The summed E-state index contributed by atoms with van der Waals surface area (Å²) in [6.07, 6.45) is 8.91. The van der Waals surface area contributed by atoms with Crippen molar-refractivity contribution in [3.63, 3.8) is 0 Å². The van der Waals surface area contributed by atoms with Crippen molar-refractivity contribution in [2.24, 2.45) is 5.73 Å². The van der Waals surface area contributed by atoms with Crippen LogP contribution in [0.15, 0.2) is 30.7 Å². The van der Waals surface area contributed by atoms with Gasteiger partial charge in [-0.05, 0) is 58.8 Å². The van der Waals surface area contributed by atoms with Crippen molar-refractivity contribution in [3.05, 3.63) is 42.4 Å². The Kier molecular flexibility index (Phi) is 4.98. The maximum atomic E-state index is 13.6. The number of imidazole rings is 1. The Morgan fingerprint density at radius 2 is 1.83 bits per heavy atom. The van der Waals surface area contributed by atoms with Crippen LogP contribution >= 0.6 is 0 Å². The highest BCUT2D eigenvalue weighted by molar-refractivity contribution is 5.85. The zero-order valence-electron chi connectivity index (χ0n) is 20.2. The Morgan fingerprint density at radius 3 is 2.51 bits per heavy atom. The summed E-state index contributed by atoms with van der Waals surface area (Å²) in [5.41, 5.74) is 10.2. The number of nitrogens with two attached hydrogens (primary N) is 1. The number of aryl methyl sites for hydroxylation is 1. The molecule has 0 bridgehead atoms. The van der Waals surface area contributed by atoms with Gasteiger partial charge in [0, 0.05) is 48.4 Å². The van der Waals surface area contributed by atoms with Crippen LogP contribution in [0.1, 0.15) is 56.2 Å². The molecule has 0 aromatic carbocycles. The zero-order chi connectivity index (χ0) is 24.5. The Bertz CT molecular complexity index is 1410. The number of halogens is 2. The first kappa shape index (κ1) is 22.5. The number of aromatic nitrogens is 6. The van der Waals surface area contributed by atoms with Crippen molar-refractivity contribution >= 4 is 16.7 Å². The van der Waals surface area contributed by atoms with Gasteiger partial charge in [-0.25, -0.2) is 28.2 Å². The first-order valence-electron chi connectivity index (χ1n) is 12.2. The number of hydrogen-bond donors (Lipinski definition) is 1. The lowest BCUT2D eigenvalue weighted by molar-refractivity contribution is -0.103. The van der Waals surface area contributed by atoms with Crippen LogP contribution < -0.4 is 5.73 Å². The topological polar surface area (TPSA) is 90.2 Å². The molecule has 2 fully saturated rings. The molecule has 0 spiro atoms. The lowest BCUT2D eigenvalue weighted by Gasteiger charge is -2.38. The number of nitrogens with zero attached hydrogens (tertiary/aromatic N) is 7. The third-order valence-corrected chi connectivity index (χ3v) is 7.91. The molecule has 4 aromatic heterocycles. The SMILES string of the molecule is Cc1nc2ncc(-c3ccn4nc(C5(N)CCC(N(C)C)CC5)ncc34)cc2n1C1CC(F)(F)C1. The average Bonchev–Trinajstić information content (AvgIpc) is 3.36. The summed E-state index contributed by atoms with van der Waals surface area (Å²) in [6.45, 7) is 1.84. The Labute approximate surface area is 202 Å². The van der Waals surface area contributed by atoms with E-state index in [0.29, 0.717) is 23.3 Å². The summed E-state index contributed by atoms with van der Waals surface area (Å²) in [5, 5.41) is 4.78. The highest BCUT2D eigenvalue weighted by Crippen LogP contribution is 2.47. The minimum atomic E-state index is -2.60. The first-order valence-corrected chi connectivity index (χ1v) is 12.2. The molecule has 184 valence electrons. The van der Waals surface area contributed by atoms with Crippen LogP contribution in [0.2, 0.25) is 0 Å². The quantitative estimate of drug-likeness (QED) is 0.473. The maximum absolute atomic E-state index is 13.6. The fraction of sp³-hybridized carbons (Fsp3) is 0.520. The van der Waals surface area contributed by atoms with E-state index in [9.17, 15) is 8.78 Å². The smallest absolute Gasteiger partial charge is 0.252 e. The van der Waals surface area contributed by atoms with E-state index in [-0.39, 0.29) is 18.9 Å². The van der Waals surface area contributed by atoms with Crippen LogP contribution in [0.4, 0.5) is 8.78 Å². The van der Waals surface area contributed by atoms with E-state index in [4.69, 9.17) is 10.8 Å². The number of alkyl halides is 2. The number of hydrogen-bond acceptors (Lipinski definition) is 6. The molecule has 6 rings (SSSR count). The van der Waals surface area contributed by atoms with Gasteiger partial charge >= 0.3 is 0 Å². The summed E-state index contributed by atoms with van der Waals surface area (Å²) in [6, 6.07) is 4.24. The van der Waals surface area contributed by atoms with Crippen LogP contribution in [0.3, 0.4) is 0 Å². The minimum absolute atomic E-state index is 0.161. The van der Waals surface area contributed by atoms with E-state index in [0.717, 1.165) is 47.8 Å². The normalized spacial score (nSPS) is 24.9. The standard InChI is InChI=1S/C25H30F2N8/c1-15-31-22-20(35(15)18-11-25(26,27)12-18)10-16(13-29-22)19-6-9-34-21(19)14-30-23(32-34)24(28)7-4-17(5-8-24)33(2)3/h6,9-10,13-14,17-18H,4-5,7-8,11-12,28H2,1-3H3. The highest BCUT2D eigenvalue weighted by Gasteiger charge is 2.47. The van der Waals surface area contributed by atoms with Crippen molar-refractivity contribution in [1.29, 1.82) is 0 Å². The molecule has 0 unspecified atom stereocenters. The Balaban J connectivity index is 1.33. The van der Waals surface area contributed by atoms with Crippen LogP contribution in [-0.4, -0.2) is 60.1 Å². The molecule has 2 aliphatic carbocycles. The number of pyridine rings is 1. The van der Waals surface area contributed by atoms with E-state index in [1.807, 2.05) is 40.5 Å². The Morgan fingerprint density at radius 1 is 1.09 bits per heavy atom. The third-order valence-electron chi connectivity index (χ3n) is 7.91. The fourth-order valence-electron chi connectivity index (χ4n) is 5.74. The van der Waals surface area contributed by atoms with Crippen molar-refractivity contribution < 1.29 is 8.78 Å². The van der Waals surface area contributed by atoms with Gasteiger partial charge in [0.1, 0.15) is 5.82 Å². The molecule has 4 aromatic rings. The van der Waals surface area contributed by atoms with E-state index in [1.54, 1.807) is 6.20 Å². The summed E-state index contributed by atoms with van der Waals surface area (Å²) in [5.74, 6) is -1.23. The molecule has 2 N–H and O–H groups in total. The molecule has 0 aliphatic heterocycles. The molecule has 0 saturated heterocycles. The van der Waals surface area contributed by atoms with E-state index in [1.165, 1.54) is 0 Å². The predicted octanol–water partition coefficient (Wildman–Crippen LogP) is 4.08. The van der Waals surface area contributed by atoms with Gasteiger partial charge in [0.05, 0.1) is 22.8 Å². The molecule has 8 nitrogen and oxygen atoms in total. The number of fused-ring (bicyclic) bond motifs is 2. The largest absolute Gasteiger partial charge is 0.323 e.